The maximum atomic E-state index is 12.7. The van der Waals surface area contributed by atoms with Crippen molar-refractivity contribution < 1.29 is 14.3 Å². The average molecular weight is 348 g/mol. The summed E-state index contributed by atoms with van der Waals surface area (Å²) in [5.41, 5.74) is 3.14. The number of methoxy groups -OCH3 is 1. The monoisotopic (exact) mass is 348 g/mol. The third kappa shape index (κ3) is 3.71. The Kier molecular flexibility index (Phi) is 5.42. The summed E-state index contributed by atoms with van der Waals surface area (Å²) >= 11 is 0. The molecule has 0 aliphatic carbocycles. The maximum Gasteiger partial charge on any atom is 0.227 e. The number of hydrogen-bond acceptors (Lipinski definition) is 4. The molecule has 1 N–H and O–H groups in total. The Morgan fingerprint density at radius 3 is 2.80 bits per heavy atom. The summed E-state index contributed by atoms with van der Waals surface area (Å²) in [5, 5.41) is 7.25. The van der Waals surface area contributed by atoms with E-state index < -0.39 is 0 Å². The molecule has 7 heteroatoms. The molecule has 0 unspecified atom stereocenters. The number of aromatic amines is 1. The van der Waals surface area contributed by atoms with Gasteiger partial charge in [-0.05, 0) is 32.3 Å². The van der Waals surface area contributed by atoms with Crippen molar-refractivity contribution in [1.82, 2.24) is 20.0 Å². The lowest BCUT2D eigenvalue weighted by Gasteiger charge is -2.35. The normalized spacial score (nSPS) is 23.2. The van der Waals surface area contributed by atoms with Crippen LogP contribution in [0.2, 0.25) is 0 Å². The highest BCUT2D eigenvalue weighted by Gasteiger charge is 2.41. The smallest absolute Gasteiger partial charge is 0.227 e. The lowest BCUT2D eigenvalue weighted by molar-refractivity contribution is -0.140. The van der Waals surface area contributed by atoms with E-state index in [2.05, 4.69) is 10.2 Å². The third-order valence-electron chi connectivity index (χ3n) is 5.61. The van der Waals surface area contributed by atoms with Gasteiger partial charge in [0.1, 0.15) is 0 Å². The van der Waals surface area contributed by atoms with Gasteiger partial charge >= 0.3 is 0 Å². The quantitative estimate of drug-likeness (QED) is 0.834. The molecule has 3 saturated heterocycles. The molecule has 0 saturated carbocycles. The Bertz CT molecular complexity index is 642. The summed E-state index contributed by atoms with van der Waals surface area (Å²) in [6, 6.07) is 0.125. The van der Waals surface area contributed by atoms with Crippen LogP contribution in [0.3, 0.4) is 0 Å². The van der Waals surface area contributed by atoms with Gasteiger partial charge in [-0.1, -0.05) is 0 Å². The first-order chi connectivity index (χ1) is 12.0. The number of fused-ring (bicyclic) bond motifs is 4. The van der Waals surface area contributed by atoms with Crippen LogP contribution in [0.1, 0.15) is 36.2 Å². The van der Waals surface area contributed by atoms with Gasteiger partial charge in [-0.2, -0.15) is 5.10 Å². The SMILES string of the molecule is COCCN1C(=O)[C@H]2CC[C@@H]1CN(C(=O)CCc1n[nH]c(C)c1C)C2. The number of ether oxygens (including phenoxy) is 1. The molecule has 2 atom stereocenters. The zero-order chi connectivity index (χ0) is 18.0. The molecule has 3 aliphatic heterocycles. The van der Waals surface area contributed by atoms with Crippen molar-refractivity contribution in [3.05, 3.63) is 17.0 Å². The summed E-state index contributed by atoms with van der Waals surface area (Å²) in [5.74, 6) is 0.245. The van der Waals surface area contributed by atoms with Gasteiger partial charge in [-0.15, -0.1) is 0 Å². The fourth-order valence-corrected chi connectivity index (χ4v) is 3.89. The Morgan fingerprint density at radius 2 is 2.12 bits per heavy atom. The van der Waals surface area contributed by atoms with E-state index in [0.717, 1.165) is 29.8 Å². The molecule has 2 amide bonds. The standard InChI is InChI=1S/C18H28N4O3/c1-12-13(2)19-20-16(12)6-7-17(23)21-10-14-4-5-15(11-21)22(18(14)24)8-9-25-3/h14-15H,4-11H2,1-3H3,(H,19,20)/t14-,15+/m0/s1. The van der Waals surface area contributed by atoms with Gasteiger partial charge in [-0.3, -0.25) is 14.7 Å². The summed E-state index contributed by atoms with van der Waals surface area (Å²) in [6.07, 6.45) is 2.94. The largest absolute Gasteiger partial charge is 0.383 e. The number of amides is 2. The Hall–Kier alpha value is -1.89. The molecule has 1 aromatic heterocycles. The molecule has 25 heavy (non-hydrogen) atoms. The molecule has 4 rings (SSSR count). The van der Waals surface area contributed by atoms with Crippen LogP contribution in [0.4, 0.5) is 0 Å². The maximum absolute atomic E-state index is 12.7. The number of H-pyrrole nitrogens is 1. The second-order valence-corrected chi connectivity index (χ2v) is 7.17. The predicted molar refractivity (Wildman–Crippen MR) is 93.1 cm³/mol. The highest BCUT2D eigenvalue weighted by molar-refractivity contribution is 5.83. The molecule has 0 aromatic carbocycles. The van der Waals surface area contributed by atoms with E-state index in [1.165, 1.54) is 0 Å². The lowest BCUT2D eigenvalue weighted by Crippen LogP contribution is -2.49. The van der Waals surface area contributed by atoms with Gasteiger partial charge in [-0.25, -0.2) is 0 Å². The van der Waals surface area contributed by atoms with E-state index >= 15 is 0 Å². The fraction of sp³-hybridized carbons (Fsp3) is 0.722. The van der Waals surface area contributed by atoms with E-state index in [-0.39, 0.29) is 23.8 Å². The van der Waals surface area contributed by atoms with Gasteiger partial charge in [0, 0.05) is 51.3 Å². The zero-order valence-electron chi connectivity index (χ0n) is 15.4. The van der Waals surface area contributed by atoms with Crippen LogP contribution in [-0.4, -0.2) is 71.2 Å². The molecule has 4 heterocycles. The van der Waals surface area contributed by atoms with Crippen molar-refractivity contribution in [1.29, 1.82) is 0 Å². The number of aromatic nitrogens is 2. The van der Waals surface area contributed by atoms with Crippen LogP contribution in [0.15, 0.2) is 0 Å². The van der Waals surface area contributed by atoms with Crippen LogP contribution in [0.25, 0.3) is 0 Å². The molecule has 0 spiro atoms. The first-order valence-corrected chi connectivity index (χ1v) is 9.09. The topological polar surface area (TPSA) is 78.5 Å². The van der Waals surface area contributed by atoms with Crippen molar-refractivity contribution in [3.8, 4) is 0 Å². The minimum Gasteiger partial charge on any atom is -0.383 e. The Morgan fingerprint density at radius 1 is 1.32 bits per heavy atom. The third-order valence-corrected chi connectivity index (χ3v) is 5.61. The zero-order valence-corrected chi connectivity index (χ0v) is 15.4. The number of rotatable bonds is 6. The molecule has 2 bridgehead atoms. The van der Waals surface area contributed by atoms with Gasteiger partial charge < -0.3 is 14.5 Å². The number of hydrogen-bond donors (Lipinski definition) is 1. The number of aryl methyl sites for hydroxylation is 2. The molecule has 7 nitrogen and oxygen atoms in total. The van der Waals surface area contributed by atoms with Crippen LogP contribution in [-0.2, 0) is 20.7 Å². The molecular formula is C18H28N4O3. The van der Waals surface area contributed by atoms with Crippen LogP contribution in [0.5, 0.6) is 0 Å². The van der Waals surface area contributed by atoms with Crippen LogP contribution in [0, 0.1) is 19.8 Å². The molecule has 3 aliphatic rings. The number of nitrogens with zero attached hydrogens (tertiary/aromatic N) is 3. The molecule has 1 aromatic rings. The summed E-state index contributed by atoms with van der Waals surface area (Å²) in [6.45, 7) is 6.36. The van der Waals surface area contributed by atoms with E-state index in [4.69, 9.17) is 4.74 Å². The summed E-state index contributed by atoms with van der Waals surface area (Å²) in [7, 11) is 1.65. The Labute approximate surface area is 148 Å². The number of carbonyl (C=O) groups excluding carboxylic acids is 2. The van der Waals surface area contributed by atoms with Crippen molar-refractivity contribution >= 4 is 11.8 Å². The van der Waals surface area contributed by atoms with Gasteiger partial charge in [0.15, 0.2) is 0 Å². The minimum atomic E-state index is -0.0612. The Balaban J connectivity index is 1.62. The predicted octanol–water partition coefficient (Wildman–Crippen LogP) is 1.05. The highest BCUT2D eigenvalue weighted by Crippen LogP contribution is 2.29. The van der Waals surface area contributed by atoms with Gasteiger partial charge in [0.2, 0.25) is 11.8 Å². The minimum absolute atomic E-state index is 0.0612. The first-order valence-electron chi connectivity index (χ1n) is 9.09. The average Bonchev–Trinajstić information content (AvgIpc) is 2.79. The number of piperidine rings is 1. The van der Waals surface area contributed by atoms with Gasteiger partial charge in [0.05, 0.1) is 18.2 Å². The fourth-order valence-electron chi connectivity index (χ4n) is 3.89. The second-order valence-electron chi connectivity index (χ2n) is 7.17. The lowest BCUT2D eigenvalue weighted by atomic mass is 9.94. The van der Waals surface area contributed by atoms with E-state index in [1.54, 1.807) is 7.11 Å². The van der Waals surface area contributed by atoms with Crippen molar-refractivity contribution in [2.75, 3.05) is 33.4 Å². The van der Waals surface area contributed by atoms with Crippen LogP contribution >= 0.6 is 0 Å². The molecule has 3 fully saturated rings. The second kappa shape index (κ2) is 7.56. The van der Waals surface area contributed by atoms with Crippen molar-refractivity contribution in [2.24, 2.45) is 5.92 Å². The van der Waals surface area contributed by atoms with Crippen molar-refractivity contribution in [2.45, 2.75) is 45.6 Å². The van der Waals surface area contributed by atoms with Crippen molar-refractivity contribution in [3.63, 3.8) is 0 Å². The molecule has 138 valence electrons. The van der Waals surface area contributed by atoms with E-state index in [9.17, 15) is 9.59 Å². The molecular weight excluding hydrogens is 320 g/mol. The number of carbonyl (C=O) groups is 2. The summed E-state index contributed by atoms with van der Waals surface area (Å²) < 4.78 is 5.13. The van der Waals surface area contributed by atoms with E-state index in [1.807, 2.05) is 23.6 Å². The first kappa shape index (κ1) is 17.9. The summed E-state index contributed by atoms with van der Waals surface area (Å²) in [4.78, 5) is 29.2. The van der Waals surface area contributed by atoms with E-state index in [0.29, 0.717) is 39.1 Å². The van der Waals surface area contributed by atoms with Crippen LogP contribution < -0.4 is 0 Å². The molecule has 0 radical (unpaired) electrons. The highest BCUT2D eigenvalue weighted by atomic mass is 16.5. The van der Waals surface area contributed by atoms with Gasteiger partial charge in [0.25, 0.3) is 0 Å². The number of nitrogens with one attached hydrogen (secondary N) is 1.